The lowest BCUT2D eigenvalue weighted by Crippen LogP contribution is -2.40. The third-order valence-corrected chi connectivity index (χ3v) is 2.18. The lowest BCUT2D eigenvalue weighted by atomic mass is 9.91. The second-order valence-electron chi connectivity index (χ2n) is 5.43. The highest BCUT2D eigenvalue weighted by Crippen LogP contribution is 2.20. The zero-order valence-corrected chi connectivity index (χ0v) is 14.1. The first kappa shape index (κ1) is 19.3. The van der Waals surface area contributed by atoms with Crippen LogP contribution in [0.2, 0.25) is 0 Å². The number of rotatable bonds is 6. The van der Waals surface area contributed by atoms with Gasteiger partial charge in [-0.05, 0) is 25.2 Å². The van der Waals surface area contributed by atoms with Crippen LogP contribution < -0.4 is 11.1 Å². The number of methoxy groups -OCH3 is 1. The summed E-state index contributed by atoms with van der Waals surface area (Å²) >= 11 is 0. The fourth-order valence-corrected chi connectivity index (χ4v) is 1.40. The van der Waals surface area contributed by atoms with Gasteiger partial charge in [-0.1, -0.05) is 20.8 Å². The van der Waals surface area contributed by atoms with E-state index < -0.39 is 0 Å². The molecule has 0 aliphatic heterocycles. The van der Waals surface area contributed by atoms with Crippen molar-refractivity contribution in [2.75, 3.05) is 20.3 Å². The van der Waals surface area contributed by atoms with Gasteiger partial charge in [0.1, 0.15) is 0 Å². The third-order valence-electron chi connectivity index (χ3n) is 2.18. The van der Waals surface area contributed by atoms with Crippen LogP contribution in [0.15, 0.2) is 4.99 Å². The SMILES string of the molecule is COCC(C)NC(N)=NCCCC(C)(C)C.I. The number of hydrogen-bond acceptors (Lipinski definition) is 2. The van der Waals surface area contributed by atoms with E-state index in [9.17, 15) is 0 Å². The summed E-state index contributed by atoms with van der Waals surface area (Å²) in [6, 6.07) is 0.205. The van der Waals surface area contributed by atoms with Crippen molar-refractivity contribution < 1.29 is 4.74 Å². The maximum atomic E-state index is 5.74. The summed E-state index contributed by atoms with van der Waals surface area (Å²) in [6.45, 7) is 10.1. The molecule has 0 aromatic rings. The van der Waals surface area contributed by atoms with Gasteiger partial charge in [-0.2, -0.15) is 0 Å². The molecule has 0 heterocycles. The highest BCUT2D eigenvalue weighted by atomic mass is 127. The lowest BCUT2D eigenvalue weighted by molar-refractivity contribution is 0.179. The molecule has 0 fully saturated rings. The van der Waals surface area contributed by atoms with Crippen LogP contribution >= 0.6 is 24.0 Å². The summed E-state index contributed by atoms with van der Waals surface area (Å²) in [5, 5.41) is 3.08. The molecule has 5 heteroatoms. The normalized spacial score (nSPS) is 14.1. The summed E-state index contributed by atoms with van der Waals surface area (Å²) in [5.41, 5.74) is 6.11. The number of nitrogens with zero attached hydrogens (tertiary/aromatic N) is 1. The highest BCUT2D eigenvalue weighted by molar-refractivity contribution is 14.0. The summed E-state index contributed by atoms with van der Waals surface area (Å²) in [4.78, 5) is 4.28. The molecule has 0 bridgehead atoms. The molecular formula is C12H28IN3O. The van der Waals surface area contributed by atoms with Crippen LogP contribution in [0.1, 0.15) is 40.5 Å². The maximum absolute atomic E-state index is 5.74. The van der Waals surface area contributed by atoms with Gasteiger partial charge in [0.2, 0.25) is 0 Å². The molecule has 1 atom stereocenters. The molecule has 0 aliphatic rings. The number of ether oxygens (including phenoxy) is 1. The van der Waals surface area contributed by atoms with Gasteiger partial charge in [0, 0.05) is 19.7 Å². The average molecular weight is 357 g/mol. The van der Waals surface area contributed by atoms with Gasteiger partial charge in [-0.25, -0.2) is 0 Å². The van der Waals surface area contributed by atoms with Crippen molar-refractivity contribution in [1.29, 1.82) is 0 Å². The smallest absolute Gasteiger partial charge is 0.188 e. The van der Waals surface area contributed by atoms with E-state index in [-0.39, 0.29) is 30.0 Å². The Labute approximate surface area is 123 Å². The Hall–Kier alpha value is -0.0400. The second kappa shape index (κ2) is 9.94. The van der Waals surface area contributed by atoms with Crippen LogP contribution in [0.25, 0.3) is 0 Å². The van der Waals surface area contributed by atoms with E-state index in [0.717, 1.165) is 19.4 Å². The number of aliphatic imine (C=N–C) groups is 1. The van der Waals surface area contributed by atoms with E-state index >= 15 is 0 Å². The van der Waals surface area contributed by atoms with Crippen molar-refractivity contribution in [1.82, 2.24) is 5.32 Å². The predicted octanol–water partition coefficient (Wildman–Crippen LogP) is 2.37. The number of halogens is 1. The Kier molecular flexibility index (Phi) is 11.3. The molecule has 0 rings (SSSR count). The van der Waals surface area contributed by atoms with Gasteiger partial charge in [0.05, 0.1) is 6.61 Å². The van der Waals surface area contributed by atoms with Crippen molar-refractivity contribution in [3.8, 4) is 0 Å². The van der Waals surface area contributed by atoms with E-state index in [0.29, 0.717) is 18.0 Å². The predicted molar refractivity (Wildman–Crippen MR) is 85.1 cm³/mol. The molecule has 0 aliphatic carbocycles. The summed E-state index contributed by atoms with van der Waals surface area (Å²) in [7, 11) is 1.68. The van der Waals surface area contributed by atoms with Gasteiger partial charge < -0.3 is 15.8 Å². The Morgan fingerprint density at radius 2 is 2.00 bits per heavy atom. The van der Waals surface area contributed by atoms with Crippen LogP contribution in [0.4, 0.5) is 0 Å². The quantitative estimate of drug-likeness (QED) is 0.332. The van der Waals surface area contributed by atoms with Crippen LogP contribution in [-0.4, -0.2) is 32.3 Å². The van der Waals surface area contributed by atoms with Crippen molar-refractivity contribution >= 4 is 29.9 Å². The molecule has 17 heavy (non-hydrogen) atoms. The lowest BCUT2D eigenvalue weighted by Gasteiger charge is -2.17. The number of nitrogens with one attached hydrogen (secondary N) is 1. The summed E-state index contributed by atoms with van der Waals surface area (Å²) in [6.07, 6.45) is 2.24. The standard InChI is InChI=1S/C12H27N3O.HI/c1-10(9-16-5)15-11(13)14-8-6-7-12(2,3)4;/h10H,6-9H2,1-5H3,(H3,13,14,15);1H. The first-order chi connectivity index (χ1) is 7.35. The monoisotopic (exact) mass is 357 g/mol. The number of nitrogens with two attached hydrogens (primary N) is 1. The van der Waals surface area contributed by atoms with Crippen molar-refractivity contribution in [3.05, 3.63) is 0 Å². The zero-order valence-electron chi connectivity index (χ0n) is 11.7. The molecule has 1 unspecified atom stereocenters. The molecule has 4 nitrogen and oxygen atoms in total. The average Bonchev–Trinajstić information content (AvgIpc) is 2.11. The Morgan fingerprint density at radius 1 is 1.41 bits per heavy atom. The van der Waals surface area contributed by atoms with Crippen LogP contribution in [0.3, 0.4) is 0 Å². The van der Waals surface area contributed by atoms with E-state index in [1.54, 1.807) is 7.11 Å². The maximum Gasteiger partial charge on any atom is 0.188 e. The van der Waals surface area contributed by atoms with E-state index in [1.165, 1.54) is 0 Å². The third kappa shape index (κ3) is 13.9. The number of guanidine groups is 1. The van der Waals surface area contributed by atoms with Crippen LogP contribution in [-0.2, 0) is 4.74 Å². The van der Waals surface area contributed by atoms with Gasteiger partial charge in [0.25, 0.3) is 0 Å². The number of hydrogen-bond donors (Lipinski definition) is 2. The Balaban J connectivity index is 0. The Bertz CT molecular complexity index is 214. The molecule has 3 N–H and O–H groups in total. The Morgan fingerprint density at radius 3 is 2.47 bits per heavy atom. The van der Waals surface area contributed by atoms with Crippen molar-refractivity contribution in [3.63, 3.8) is 0 Å². The molecule has 0 aromatic carbocycles. The van der Waals surface area contributed by atoms with Gasteiger partial charge in [0.15, 0.2) is 5.96 Å². The molecule has 0 aromatic heterocycles. The minimum Gasteiger partial charge on any atom is -0.383 e. The van der Waals surface area contributed by atoms with E-state index in [4.69, 9.17) is 10.5 Å². The molecule has 104 valence electrons. The van der Waals surface area contributed by atoms with Crippen molar-refractivity contribution in [2.45, 2.75) is 46.6 Å². The minimum atomic E-state index is 0. The summed E-state index contributed by atoms with van der Waals surface area (Å²) < 4.78 is 5.00. The zero-order chi connectivity index (χ0) is 12.6. The molecular weight excluding hydrogens is 329 g/mol. The van der Waals surface area contributed by atoms with Gasteiger partial charge >= 0.3 is 0 Å². The fourth-order valence-electron chi connectivity index (χ4n) is 1.40. The molecule has 0 amide bonds. The van der Waals surface area contributed by atoms with E-state index in [2.05, 4.69) is 31.1 Å². The fraction of sp³-hybridized carbons (Fsp3) is 0.917. The van der Waals surface area contributed by atoms with Gasteiger partial charge in [-0.3, -0.25) is 4.99 Å². The molecule has 0 saturated carbocycles. The first-order valence-corrected chi connectivity index (χ1v) is 5.90. The second-order valence-corrected chi connectivity index (χ2v) is 5.43. The topological polar surface area (TPSA) is 59.6 Å². The summed E-state index contributed by atoms with van der Waals surface area (Å²) in [5.74, 6) is 0.512. The minimum absolute atomic E-state index is 0. The largest absolute Gasteiger partial charge is 0.383 e. The first-order valence-electron chi connectivity index (χ1n) is 5.90. The molecule has 0 radical (unpaired) electrons. The van der Waals surface area contributed by atoms with Crippen LogP contribution in [0.5, 0.6) is 0 Å². The molecule has 0 saturated heterocycles. The van der Waals surface area contributed by atoms with E-state index in [1.807, 2.05) is 6.92 Å². The van der Waals surface area contributed by atoms with Gasteiger partial charge in [-0.15, -0.1) is 24.0 Å². The van der Waals surface area contributed by atoms with Crippen molar-refractivity contribution in [2.24, 2.45) is 16.1 Å². The molecule has 0 spiro atoms. The highest BCUT2D eigenvalue weighted by Gasteiger charge is 2.08. The van der Waals surface area contributed by atoms with Crippen LogP contribution in [0, 0.1) is 5.41 Å².